The molecule has 0 bridgehead atoms. The summed E-state index contributed by atoms with van der Waals surface area (Å²) in [6, 6.07) is 2.45. The second-order valence-electron chi connectivity index (χ2n) is 6.38. The average molecular weight is 266 g/mol. The fourth-order valence-corrected chi connectivity index (χ4v) is 2.69. The molecular formula is C14H26N4O. The Labute approximate surface area is 115 Å². The van der Waals surface area contributed by atoms with Crippen LogP contribution in [0.1, 0.15) is 38.9 Å². The van der Waals surface area contributed by atoms with Crippen molar-refractivity contribution in [2.45, 2.75) is 38.6 Å². The van der Waals surface area contributed by atoms with E-state index in [1.807, 2.05) is 6.07 Å². The lowest BCUT2D eigenvalue weighted by Crippen LogP contribution is -2.27. The highest BCUT2D eigenvalue weighted by Gasteiger charge is 2.29. The van der Waals surface area contributed by atoms with Crippen LogP contribution in [0.5, 0.6) is 0 Å². The van der Waals surface area contributed by atoms with Crippen LogP contribution in [0, 0.1) is 0 Å². The van der Waals surface area contributed by atoms with E-state index in [1.165, 1.54) is 5.69 Å². The molecule has 0 amide bonds. The maximum atomic E-state index is 5.89. The average Bonchev–Trinajstić information content (AvgIpc) is 2.91. The summed E-state index contributed by atoms with van der Waals surface area (Å²) in [4.78, 5) is 2.43. The van der Waals surface area contributed by atoms with Gasteiger partial charge >= 0.3 is 0 Å². The van der Waals surface area contributed by atoms with Crippen molar-refractivity contribution in [2.75, 3.05) is 39.1 Å². The monoisotopic (exact) mass is 266 g/mol. The number of aromatic nitrogens is 2. The summed E-state index contributed by atoms with van der Waals surface area (Å²) in [6.07, 6.45) is 1.13. The zero-order valence-electron chi connectivity index (χ0n) is 12.5. The van der Waals surface area contributed by atoms with Gasteiger partial charge in [0.2, 0.25) is 0 Å². The van der Waals surface area contributed by atoms with Crippen molar-refractivity contribution < 1.29 is 4.74 Å². The summed E-state index contributed by atoms with van der Waals surface area (Å²) in [5.41, 5.74) is 7.19. The second-order valence-corrected chi connectivity index (χ2v) is 6.38. The lowest BCUT2D eigenvalue weighted by Gasteiger charge is -2.23. The summed E-state index contributed by atoms with van der Waals surface area (Å²) in [5.74, 6) is 0.625. The largest absolute Gasteiger partial charge is 0.383 e. The number of hydrogen-bond acceptors (Lipinski definition) is 4. The Bertz CT molecular complexity index is 422. The third-order valence-corrected chi connectivity index (χ3v) is 3.73. The standard InChI is InChI=1S/C14H26N4O/c1-14(2,3)12-9-13(15)16-18(12)11-5-6-17(10-11)7-8-19-4/h9,11H,5-8,10H2,1-4H3,(H2,15,16)/t11-/m1/s1. The number of likely N-dealkylation sites (tertiary alicyclic amines) is 1. The molecule has 0 unspecified atom stereocenters. The minimum Gasteiger partial charge on any atom is -0.383 e. The predicted molar refractivity (Wildman–Crippen MR) is 77.3 cm³/mol. The van der Waals surface area contributed by atoms with Gasteiger partial charge in [0.25, 0.3) is 0 Å². The van der Waals surface area contributed by atoms with Gasteiger partial charge in [0.1, 0.15) is 5.82 Å². The van der Waals surface area contributed by atoms with Gasteiger partial charge in [-0.15, -0.1) is 0 Å². The van der Waals surface area contributed by atoms with Crippen LogP contribution < -0.4 is 5.73 Å². The topological polar surface area (TPSA) is 56.3 Å². The molecule has 1 atom stereocenters. The number of nitrogen functional groups attached to an aromatic ring is 1. The molecule has 0 saturated carbocycles. The van der Waals surface area contributed by atoms with Gasteiger partial charge in [-0.3, -0.25) is 9.58 Å². The quantitative estimate of drug-likeness (QED) is 0.900. The van der Waals surface area contributed by atoms with Crippen molar-refractivity contribution in [3.63, 3.8) is 0 Å². The number of nitrogens with zero attached hydrogens (tertiary/aromatic N) is 3. The molecule has 5 nitrogen and oxygen atoms in total. The van der Waals surface area contributed by atoms with E-state index in [4.69, 9.17) is 10.5 Å². The van der Waals surface area contributed by atoms with E-state index in [1.54, 1.807) is 7.11 Å². The third kappa shape index (κ3) is 3.28. The first-order chi connectivity index (χ1) is 8.91. The van der Waals surface area contributed by atoms with Gasteiger partial charge in [-0.1, -0.05) is 20.8 Å². The minimum absolute atomic E-state index is 0.0740. The highest BCUT2D eigenvalue weighted by Crippen LogP contribution is 2.30. The summed E-state index contributed by atoms with van der Waals surface area (Å²) < 4.78 is 7.28. The van der Waals surface area contributed by atoms with Gasteiger partial charge in [0.15, 0.2) is 0 Å². The Morgan fingerprint density at radius 3 is 2.84 bits per heavy atom. The van der Waals surface area contributed by atoms with E-state index in [9.17, 15) is 0 Å². The van der Waals surface area contributed by atoms with Crippen LogP contribution in [0.4, 0.5) is 5.82 Å². The summed E-state index contributed by atoms with van der Waals surface area (Å²) in [6.45, 7) is 10.5. The summed E-state index contributed by atoms with van der Waals surface area (Å²) >= 11 is 0. The van der Waals surface area contributed by atoms with Gasteiger partial charge in [-0.05, 0) is 6.42 Å². The molecule has 1 fully saturated rings. The summed E-state index contributed by atoms with van der Waals surface area (Å²) in [7, 11) is 1.75. The molecule has 0 radical (unpaired) electrons. The predicted octanol–water partition coefficient (Wildman–Crippen LogP) is 1.66. The molecule has 1 aliphatic rings. The number of rotatable bonds is 4. The molecule has 1 aromatic rings. The number of anilines is 1. The lowest BCUT2D eigenvalue weighted by atomic mass is 9.91. The molecule has 0 aromatic carbocycles. The van der Waals surface area contributed by atoms with Crippen LogP contribution in [-0.4, -0.2) is 48.0 Å². The van der Waals surface area contributed by atoms with E-state index < -0.39 is 0 Å². The first-order valence-electron chi connectivity index (χ1n) is 6.98. The van der Waals surface area contributed by atoms with E-state index in [-0.39, 0.29) is 5.41 Å². The third-order valence-electron chi connectivity index (χ3n) is 3.73. The SMILES string of the molecule is COCCN1CC[C@@H](n2nc(N)cc2C(C)(C)C)C1. The van der Waals surface area contributed by atoms with Crippen molar-refractivity contribution in [2.24, 2.45) is 0 Å². The molecular weight excluding hydrogens is 240 g/mol. The van der Waals surface area contributed by atoms with E-state index in [0.29, 0.717) is 11.9 Å². The fourth-order valence-electron chi connectivity index (χ4n) is 2.69. The second kappa shape index (κ2) is 5.51. The maximum absolute atomic E-state index is 5.89. The molecule has 0 spiro atoms. The fraction of sp³-hybridized carbons (Fsp3) is 0.786. The molecule has 0 aliphatic carbocycles. The number of nitrogens with two attached hydrogens (primary N) is 1. The van der Waals surface area contributed by atoms with Crippen molar-refractivity contribution in [3.8, 4) is 0 Å². The maximum Gasteiger partial charge on any atom is 0.145 e. The number of ether oxygens (including phenoxy) is 1. The highest BCUT2D eigenvalue weighted by molar-refractivity contribution is 5.33. The molecule has 1 saturated heterocycles. The smallest absolute Gasteiger partial charge is 0.145 e. The Hall–Kier alpha value is -1.07. The van der Waals surface area contributed by atoms with Crippen molar-refractivity contribution in [1.29, 1.82) is 0 Å². The molecule has 19 heavy (non-hydrogen) atoms. The van der Waals surface area contributed by atoms with Gasteiger partial charge < -0.3 is 10.5 Å². The lowest BCUT2D eigenvalue weighted by molar-refractivity contribution is 0.158. The van der Waals surface area contributed by atoms with Crippen LogP contribution in [0.25, 0.3) is 0 Å². The van der Waals surface area contributed by atoms with Gasteiger partial charge in [0.05, 0.1) is 12.6 Å². The first kappa shape index (κ1) is 14.3. The number of methoxy groups -OCH3 is 1. The zero-order chi connectivity index (χ0) is 14.0. The first-order valence-corrected chi connectivity index (χ1v) is 6.98. The Kier molecular flexibility index (Phi) is 4.16. The normalized spacial score (nSPS) is 21.2. The highest BCUT2D eigenvalue weighted by atomic mass is 16.5. The molecule has 1 aliphatic heterocycles. The van der Waals surface area contributed by atoms with Crippen molar-refractivity contribution in [3.05, 3.63) is 11.8 Å². The van der Waals surface area contributed by atoms with Crippen LogP contribution >= 0.6 is 0 Å². The van der Waals surface area contributed by atoms with Gasteiger partial charge in [-0.2, -0.15) is 5.10 Å². The van der Waals surface area contributed by atoms with Gasteiger partial charge in [-0.25, -0.2) is 0 Å². The Morgan fingerprint density at radius 1 is 1.47 bits per heavy atom. The van der Waals surface area contributed by atoms with Crippen LogP contribution in [-0.2, 0) is 10.2 Å². The van der Waals surface area contributed by atoms with E-state index >= 15 is 0 Å². The molecule has 108 valence electrons. The van der Waals surface area contributed by atoms with E-state index in [2.05, 4.69) is 35.5 Å². The van der Waals surface area contributed by atoms with Gasteiger partial charge in [0, 0.05) is 43.9 Å². The summed E-state index contributed by atoms with van der Waals surface area (Å²) in [5, 5.41) is 4.51. The van der Waals surface area contributed by atoms with Crippen molar-refractivity contribution in [1.82, 2.24) is 14.7 Å². The molecule has 2 heterocycles. The molecule has 2 N–H and O–H groups in total. The van der Waals surface area contributed by atoms with E-state index in [0.717, 1.165) is 32.7 Å². The zero-order valence-corrected chi connectivity index (χ0v) is 12.5. The van der Waals surface area contributed by atoms with Crippen molar-refractivity contribution >= 4 is 5.82 Å². The molecule has 1 aromatic heterocycles. The van der Waals surface area contributed by atoms with Crippen LogP contribution in [0.2, 0.25) is 0 Å². The number of hydrogen-bond donors (Lipinski definition) is 1. The molecule has 2 rings (SSSR count). The molecule has 5 heteroatoms. The van der Waals surface area contributed by atoms with Crippen LogP contribution in [0.15, 0.2) is 6.07 Å². The Balaban J connectivity index is 2.11. The Morgan fingerprint density at radius 2 is 2.21 bits per heavy atom. The minimum atomic E-state index is 0.0740. The van der Waals surface area contributed by atoms with Crippen LogP contribution in [0.3, 0.4) is 0 Å².